The third-order valence-corrected chi connectivity index (χ3v) is 6.32. The number of amides is 4. The highest BCUT2D eigenvalue weighted by Crippen LogP contribution is 2.20. The van der Waals surface area contributed by atoms with Crippen LogP contribution in [-0.2, 0) is 20.8 Å². The molecule has 3 unspecified atom stereocenters. The van der Waals surface area contributed by atoms with Gasteiger partial charge in [0.15, 0.2) is 0 Å². The van der Waals surface area contributed by atoms with Crippen molar-refractivity contribution in [3.05, 3.63) is 72.3 Å². The van der Waals surface area contributed by atoms with E-state index in [1.807, 2.05) is 48.5 Å². The van der Waals surface area contributed by atoms with Gasteiger partial charge in [0, 0.05) is 31.3 Å². The molecule has 0 radical (unpaired) electrons. The minimum atomic E-state index is -1.02. The molecule has 11 nitrogen and oxygen atoms in total. The molecule has 3 atom stereocenters. The molecular formula is C27H27N7O4. The van der Waals surface area contributed by atoms with Crippen LogP contribution in [0.25, 0.3) is 10.8 Å². The summed E-state index contributed by atoms with van der Waals surface area (Å²) >= 11 is 0. The Morgan fingerprint density at radius 2 is 1.92 bits per heavy atom. The van der Waals surface area contributed by atoms with E-state index in [2.05, 4.69) is 31.2 Å². The molecule has 0 bridgehead atoms. The van der Waals surface area contributed by atoms with E-state index in [4.69, 9.17) is 0 Å². The number of hydrogen-bond acceptors (Lipinski definition) is 7. The van der Waals surface area contributed by atoms with E-state index in [9.17, 15) is 24.4 Å². The first-order valence-electron chi connectivity index (χ1n) is 12.2. The summed E-state index contributed by atoms with van der Waals surface area (Å²) in [5, 5.41) is 21.8. The number of rotatable bonds is 10. The molecule has 194 valence electrons. The summed E-state index contributed by atoms with van der Waals surface area (Å²) in [7, 11) is 0. The van der Waals surface area contributed by atoms with Crippen LogP contribution in [0, 0.1) is 17.2 Å². The molecule has 4 rings (SSSR count). The predicted octanol–water partition coefficient (Wildman–Crippen LogP) is 0.622. The fraction of sp³-hybridized carbons (Fsp3) is 0.296. The Hall–Kier alpha value is -4.85. The molecule has 3 aromatic rings. The van der Waals surface area contributed by atoms with Crippen molar-refractivity contribution < 1.29 is 19.2 Å². The number of carbonyl (C=O) groups excluding carboxylic acids is 4. The van der Waals surface area contributed by atoms with E-state index >= 15 is 0 Å². The first-order chi connectivity index (χ1) is 18.4. The van der Waals surface area contributed by atoms with Crippen LogP contribution in [0.5, 0.6) is 0 Å². The predicted molar refractivity (Wildman–Crippen MR) is 137 cm³/mol. The lowest BCUT2D eigenvalue weighted by molar-refractivity contribution is -0.127. The largest absolute Gasteiger partial charge is 0.356 e. The quantitative estimate of drug-likeness (QED) is 0.308. The third-order valence-electron chi connectivity index (χ3n) is 6.32. The summed E-state index contributed by atoms with van der Waals surface area (Å²) < 4.78 is 0. The van der Waals surface area contributed by atoms with Gasteiger partial charge in [-0.3, -0.25) is 24.2 Å². The van der Waals surface area contributed by atoms with Crippen LogP contribution < -0.4 is 21.3 Å². The molecule has 1 aromatic heterocycles. The number of nitrogens with zero attached hydrogens (tertiary/aromatic N) is 3. The van der Waals surface area contributed by atoms with Crippen LogP contribution >= 0.6 is 0 Å². The van der Waals surface area contributed by atoms with Crippen molar-refractivity contribution in [3.63, 3.8) is 0 Å². The van der Waals surface area contributed by atoms with Gasteiger partial charge >= 0.3 is 0 Å². The second-order valence-corrected chi connectivity index (χ2v) is 8.94. The standard InChI is InChI=1S/C27H27N7O4/c28-14-20(12-19-8-9-31-25(19)36)33-24(35)16-32-26(37)22(34-27(38)23-15-29-10-11-30-23)13-18-6-3-5-17-4-1-2-7-21(17)18/h1-7,10-11,15,19-20,22H,8-9,12-13,16H2,(H,31,36)(H,32,37)(H,33,35)(H,34,38). The van der Waals surface area contributed by atoms with Gasteiger partial charge in [-0.1, -0.05) is 42.5 Å². The molecule has 4 N–H and O–H groups in total. The zero-order valence-electron chi connectivity index (χ0n) is 20.5. The molecule has 2 aromatic carbocycles. The minimum Gasteiger partial charge on any atom is -0.356 e. The van der Waals surface area contributed by atoms with Crippen LogP contribution in [0.3, 0.4) is 0 Å². The second-order valence-electron chi connectivity index (χ2n) is 8.94. The minimum absolute atomic E-state index is 0.0498. The van der Waals surface area contributed by atoms with Gasteiger partial charge in [-0.05, 0) is 29.2 Å². The maximum Gasteiger partial charge on any atom is 0.272 e. The highest BCUT2D eigenvalue weighted by Gasteiger charge is 2.28. The van der Waals surface area contributed by atoms with Crippen molar-refractivity contribution in [3.8, 4) is 6.07 Å². The highest BCUT2D eigenvalue weighted by molar-refractivity contribution is 5.97. The lowest BCUT2D eigenvalue weighted by Crippen LogP contribution is -2.51. The van der Waals surface area contributed by atoms with E-state index in [0.29, 0.717) is 13.0 Å². The van der Waals surface area contributed by atoms with Crippen molar-refractivity contribution in [2.24, 2.45) is 5.92 Å². The monoisotopic (exact) mass is 513 g/mol. The summed E-state index contributed by atoms with van der Waals surface area (Å²) in [5.41, 5.74) is 0.889. The van der Waals surface area contributed by atoms with E-state index in [0.717, 1.165) is 16.3 Å². The van der Waals surface area contributed by atoms with Crippen molar-refractivity contribution in [2.45, 2.75) is 31.3 Å². The van der Waals surface area contributed by atoms with E-state index in [1.54, 1.807) is 0 Å². The topological polar surface area (TPSA) is 166 Å². The van der Waals surface area contributed by atoms with Crippen LogP contribution in [0.15, 0.2) is 61.1 Å². The van der Waals surface area contributed by atoms with Crippen LogP contribution in [-0.4, -0.2) is 58.8 Å². The lowest BCUT2D eigenvalue weighted by atomic mass is 9.98. The molecule has 0 aliphatic carbocycles. The Labute approximate surface area is 219 Å². The van der Waals surface area contributed by atoms with Gasteiger partial charge in [0.05, 0.1) is 18.8 Å². The van der Waals surface area contributed by atoms with E-state index in [1.165, 1.54) is 18.6 Å². The molecule has 1 aliphatic rings. The van der Waals surface area contributed by atoms with Gasteiger partial charge in [0.2, 0.25) is 17.7 Å². The summed E-state index contributed by atoms with van der Waals surface area (Å²) in [6.07, 6.45) is 5.06. The molecule has 1 fully saturated rings. The number of nitriles is 1. The SMILES string of the molecule is N#CC(CC1CCNC1=O)NC(=O)CNC(=O)C(Cc1cccc2ccccc12)NC(=O)c1cnccn1. The smallest absolute Gasteiger partial charge is 0.272 e. The van der Waals surface area contributed by atoms with Gasteiger partial charge < -0.3 is 21.3 Å². The average molecular weight is 514 g/mol. The second kappa shape index (κ2) is 12.4. The Bertz CT molecular complexity index is 1370. The Kier molecular flexibility index (Phi) is 8.56. The molecule has 2 heterocycles. The normalized spacial score (nSPS) is 16.1. The first-order valence-corrected chi connectivity index (χ1v) is 12.2. The fourth-order valence-corrected chi connectivity index (χ4v) is 4.38. The summed E-state index contributed by atoms with van der Waals surface area (Å²) in [6, 6.07) is 13.5. The van der Waals surface area contributed by atoms with E-state index < -0.39 is 36.3 Å². The van der Waals surface area contributed by atoms with Gasteiger partial charge in [-0.2, -0.15) is 5.26 Å². The highest BCUT2D eigenvalue weighted by atomic mass is 16.2. The van der Waals surface area contributed by atoms with Crippen LogP contribution in [0.2, 0.25) is 0 Å². The molecule has 11 heteroatoms. The maximum absolute atomic E-state index is 13.2. The number of fused-ring (bicyclic) bond motifs is 1. The first kappa shape index (κ1) is 26.2. The zero-order chi connectivity index (χ0) is 26.9. The molecule has 0 spiro atoms. The molecule has 1 aliphatic heterocycles. The number of aromatic nitrogens is 2. The zero-order valence-corrected chi connectivity index (χ0v) is 20.5. The maximum atomic E-state index is 13.2. The van der Waals surface area contributed by atoms with Crippen molar-refractivity contribution in [1.29, 1.82) is 5.26 Å². The Morgan fingerprint density at radius 1 is 1.11 bits per heavy atom. The van der Waals surface area contributed by atoms with Crippen LogP contribution in [0.4, 0.5) is 0 Å². The summed E-state index contributed by atoms with van der Waals surface area (Å²) in [4.78, 5) is 58.1. The Balaban J connectivity index is 1.43. The van der Waals surface area contributed by atoms with Gasteiger partial charge in [-0.15, -0.1) is 0 Å². The number of nitrogens with one attached hydrogen (secondary N) is 4. The van der Waals surface area contributed by atoms with Gasteiger partial charge in [-0.25, -0.2) is 4.98 Å². The molecule has 4 amide bonds. The summed E-state index contributed by atoms with van der Waals surface area (Å²) in [6.45, 7) is 0.144. The van der Waals surface area contributed by atoms with Crippen molar-refractivity contribution >= 4 is 34.4 Å². The summed E-state index contributed by atoms with van der Waals surface area (Å²) in [5.74, 6) is -2.21. The van der Waals surface area contributed by atoms with Gasteiger partial charge in [0.1, 0.15) is 17.8 Å². The molecule has 1 saturated heterocycles. The van der Waals surface area contributed by atoms with Crippen LogP contribution in [0.1, 0.15) is 28.9 Å². The third kappa shape index (κ3) is 6.67. The van der Waals surface area contributed by atoms with Gasteiger partial charge in [0.25, 0.3) is 5.91 Å². The van der Waals surface area contributed by atoms with E-state index in [-0.39, 0.29) is 30.4 Å². The fourth-order valence-electron chi connectivity index (χ4n) is 4.38. The van der Waals surface area contributed by atoms with Crippen molar-refractivity contribution in [1.82, 2.24) is 31.2 Å². The molecule has 38 heavy (non-hydrogen) atoms. The number of benzene rings is 2. The van der Waals surface area contributed by atoms with Crippen molar-refractivity contribution in [2.75, 3.05) is 13.1 Å². The Morgan fingerprint density at radius 3 is 2.66 bits per heavy atom. The number of carbonyl (C=O) groups is 4. The molecule has 0 saturated carbocycles. The molecular weight excluding hydrogens is 486 g/mol. The number of hydrogen-bond donors (Lipinski definition) is 4. The average Bonchev–Trinajstić information content (AvgIpc) is 3.35. The lowest BCUT2D eigenvalue weighted by Gasteiger charge is -2.20.